The minimum Gasteiger partial charge on any atom is -0.493 e. The zero-order valence-electron chi connectivity index (χ0n) is 18.6. The minimum atomic E-state index is -0.171. The Morgan fingerprint density at radius 3 is 2.41 bits per heavy atom. The maximum absolute atomic E-state index is 13.0. The number of benzene rings is 2. The van der Waals surface area contributed by atoms with E-state index >= 15 is 0 Å². The van der Waals surface area contributed by atoms with E-state index in [1.807, 2.05) is 62.4 Å². The van der Waals surface area contributed by atoms with E-state index in [1.54, 1.807) is 4.57 Å². The van der Waals surface area contributed by atoms with E-state index in [-0.39, 0.29) is 17.6 Å². The molecule has 0 aliphatic rings. The summed E-state index contributed by atoms with van der Waals surface area (Å²) in [5.74, 6) is 0.631. The molecule has 2 N–H and O–H groups in total. The van der Waals surface area contributed by atoms with Gasteiger partial charge in [-0.15, -0.1) is 10.2 Å². The summed E-state index contributed by atoms with van der Waals surface area (Å²) in [5.41, 5.74) is 4.45. The molecular weight excluding hydrogens is 404 g/mol. The number of aromatic nitrogens is 6. The number of hydrogen-bond donors (Lipinski definition) is 2. The van der Waals surface area contributed by atoms with Crippen LogP contribution in [0, 0.1) is 0 Å². The van der Waals surface area contributed by atoms with Crippen LogP contribution in [0.5, 0.6) is 5.88 Å². The number of aromatic hydroxyl groups is 1. The van der Waals surface area contributed by atoms with Gasteiger partial charge in [0.05, 0.1) is 12.2 Å². The molecule has 0 unspecified atom stereocenters. The molecule has 0 saturated carbocycles. The highest BCUT2D eigenvalue weighted by Crippen LogP contribution is 2.30. The largest absolute Gasteiger partial charge is 0.493 e. The van der Waals surface area contributed by atoms with Crippen molar-refractivity contribution in [3.63, 3.8) is 0 Å². The van der Waals surface area contributed by atoms with Gasteiger partial charge in [-0.05, 0) is 48.6 Å². The maximum atomic E-state index is 13.0. The summed E-state index contributed by atoms with van der Waals surface area (Å²) in [5, 5.41) is 25.1. The van der Waals surface area contributed by atoms with Crippen molar-refractivity contribution in [3.05, 3.63) is 70.3 Å². The van der Waals surface area contributed by atoms with Gasteiger partial charge in [-0.3, -0.25) is 9.13 Å². The first-order valence-corrected chi connectivity index (χ1v) is 11.0. The Balaban J connectivity index is 1.66. The lowest BCUT2D eigenvalue weighted by Crippen LogP contribution is -2.26. The van der Waals surface area contributed by atoms with Gasteiger partial charge in [0.15, 0.2) is 0 Å². The Hall–Kier alpha value is -3.68. The molecule has 0 bridgehead atoms. The summed E-state index contributed by atoms with van der Waals surface area (Å²) in [6, 6.07) is 15.9. The highest BCUT2D eigenvalue weighted by molar-refractivity contribution is 5.80. The number of aromatic amines is 1. The lowest BCUT2D eigenvalue weighted by Gasteiger charge is -2.10. The van der Waals surface area contributed by atoms with Gasteiger partial charge < -0.3 is 5.11 Å². The molecule has 0 aliphatic heterocycles. The number of nitrogens with one attached hydrogen (secondary N) is 1. The second-order valence-corrected chi connectivity index (χ2v) is 8.18. The lowest BCUT2D eigenvalue weighted by molar-refractivity contribution is 0.390. The molecule has 8 nitrogen and oxygen atoms in total. The molecule has 0 aliphatic carbocycles. The SMILES string of the molecule is CCCCc1c(O)n(C(C)C)c(=O)n1Cc1ccc(-c2ccccc2-c2nn[nH]n2)cc1. The highest BCUT2D eigenvalue weighted by atomic mass is 16.3. The molecule has 2 aromatic heterocycles. The Morgan fingerprint density at radius 2 is 1.78 bits per heavy atom. The van der Waals surface area contributed by atoms with Crippen LogP contribution in [-0.4, -0.2) is 34.9 Å². The van der Waals surface area contributed by atoms with E-state index in [0.717, 1.165) is 35.1 Å². The molecule has 4 rings (SSSR count). The normalized spacial score (nSPS) is 11.4. The molecule has 8 heteroatoms. The first-order valence-electron chi connectivity index (χ1n) is 11.0. The van der Waals surface area contributed by atoms with Crippen LogP contribution in [0.25, 0.3) is 22.5 Å². The smallest absolute Gasteiger partial charge is 0.331 e. The molecule has 4 aromatic rings. The summed E-state index contributed by atoms with van der Waals surface area (Å²) in [7, 11) is 0. The molecule has 32 heavy (non-hydrogen) atoms. The first-order chi connectivity index (χ1) is 15.5. The standard InChI is InChI=1S/C24H28N6O2/c1-4-5-10-21-23(31)30(16(2)3)24(32)29(21)15-17-11-13-18(14-12-17)19-8-6-7-9-20(19)22-25-27-28-26-22/h6-9,11-14,16,31H,4-5,10,15H2,1-3H3,(H,25,26,27,28). The van der Waals surface area contributed by atoms with Crippen molar-refractivity contribution >= 4 is 0 Å². The first kappa shape index (κ1) is 21.5. The zero-order chi connectivity index (χ0) is 22.7. The number of imidazole rings is 1. The predicted octanol–water partition coefficient (Wildman–Crippen LogP) is 4.17. The highest BCUT2D eigenvalue weighted by Gasteiger charge is 2.21. The van der Waals surface area contributed by atoms with Crippen molar-refractivity contribution in [2.45, 2.75) is 52.6 Å². The van der Waals surface area contributed by atoms with E-state index in [4.69, 9.17) is 0 Å². The number of H-pyrrole nitrogens is 1. The van der Waals surface area contributed by atoms with Crippen molar-refractivity contribution in [2.24, 2.45) is 0 Å². The molecule has 166 valence electrons. The van der Waals surface area contributed by atoms with Crippen LogP contribution in [0.3, 0.4) is 0 Å². The minimum absolute atomic E-state index is 0.0871. The fourth-order valence-corrected chi connectivity index (χ4v) is 3.99. The second-order valence-electron chi connectivity index (χ2n) is 8.18. The van der Waals surface area contributed by atoms with E-state index in [2.05, 4.69) is 27.5 Å². The molecule has 0 fully saturated rings. The molecule has 2 heterocycles. The zero-order valence-corrected chi connectivity index (χ0v) is 18.6. The van der Waals surface area contributed by atoms with Gasteiger partial charge in [-0.1, -0.05) is 61.9 Å². The van der Waals surface area contributed by atoms with Crippen molar-refractivity contribution in [2.75, 3.05) is 0 Å². The second kappa shape index (κ2) is 9.21. The molecular formula is C24H28N6O2. The summed E-state index contributed by atoms with van der Waals surface area (Å²) >= 11 is 0. The number of nitrogens with zero attached hydrogens (tertiary/aromatic N) is 5. The van der Waals surface area contributed by atoms with Gasteiger partial charge in [-0.25, -0.2) is 4.79 Å². The van der Waals surface area contributed by atoms with Crippen molar-refractivity contribution in [1.29, 1.82) is 0 Å². The van der Waals surface area contributed by atoms with E-state index in [1.165, 1.54) is 4.57 Å². The maximum Gasteiger partial charge on any atom is 0.331 e. The lowest BCUT2D eigenvalue weighted by atomic mass is 9.98. The monoisotopic (exact) mass is 432 g/mol. The molecule has 2 aromatic carbocycles. The van der Waals surface area contributed by atoms with Gasteiger partial charge >= 0.3 is 5.69 Å². The fraction of sp³-hybridized carbons (Fsp3) is 0.333. The molecule has 0 amide bonds. The van der Waals surface area contributed by atoms with Crippen LogP contribution >= 0.6 is 0 Å². The molecule has 0 radical (unpaired) electrons. The third-order valence-corrected chi connectivity index (χ3v) is 5.65. The van der Waals surface area contributed by atoms with Gasteiger partial charge in [0.2, 0.25) is 11.7 Å². The van der Waals surface area contributed by atoms with Crippen LogP contribution in [0.2, 0.25) is 0 Å². The number of unbranched alkanes of at least 4 members (excludes halogenated alkanes) is 1. The fourth-order valence-electron chi connectivity index (χ4n) is 3.99. The van der Waals surface area contributed by atoms with E-state index in [0.29, 0.717) is 24.5 Å². The van der Waals surface area contributed by atoms with Gasteiger partial charge in [0.1, 0.15) is 0 Å². The van der Waals surface area contributed by atoms with Crippen LogP contribution in [-0.2, 0) is 13.0 Å². The van der Waals surface area contributed by atoms with Gasteiger partial charge in [0, 0.05) is 11.6 Å². The Labute approximate surface area is 186 Å². The van der Waals surface area contributed by atoms with Crippen LogP contribution in [0.1, 0.15) is 50.9 Å². The average molecular weight is 433 g/mol. The van der Waals surface area contributed by atoms with Gasteiger partial charge in [-0.2, -0.15) is 5.21 Å². The summed E-state index contributed by atoms with van der Waals surface area (Å²) in [4.78, 5) is 13.0. The van der Waals surface area contributed by atoms with Crippen molar-refractivity contribution < 1.29 is 5.11 Å². The quantitative estimate of drug-likeness (QED) is 0.435. The predicted molar refractivity (Wildman–Crippen MR) is 124 cm³/mol. The molecule has 0 atom stereocenters. The molecule has 0 spiro atoms. The van der Waals surface area contributed by atoms with Crippen molar-refractivity contribution in [3.8, 4) is 28.4 Å². The summed E-state index contributed by atoms with van der Waals surface area (Å²) in [6.45, 7) is 6.33. The number of hydrogen-bond acceptors (Lipinski definition) is 5. The third kappa shape index (κ3) is 4.08. The number of rotatable bonds is 8. The topological polar surface area (TPSA) is 102 Å². The average Bonchev–Trinajstić information content (AvgIpc) is 3.40. The van der Waals surface area contributed by atoms with Crippen LogP contribution < -0.4 is 5.69 Å². The van der Waals surface area contributed by atoms with E-state index < -0.39 is 0 Å². The van der Waals surface area contributed by atoms with Crippen LogP contribution in [0.4, 0.5) is 0 Å². The summed E-state index contributed by atoms with van der Waals surface area (Å²) < 4.78 is 3.17. The Kier molecular flexibility index (Phi) is 6.20. The Morgan fingerprint density at radius 1 is 1.06 bits per heavy atom. The van der Waals surface area contributed by atoms with Crippen LogP contribution in [0.15, 0.2) is 53.3 Å². The van der Waals surface area contributed by atoms with Gasteiger partial charge in [0.25, 0.3) is 0 Å². The van der Waals surface area contributed by atoms with Crippen molar-refractivity contribution in [1.82, 2.24) is 29.8 Å². The number of tetrazole rings is 1. The third-order valence-electron chi connectivity index (χ3n) is 5.65. The molecule has 0 saturated heterocycles. The van der Waals surface area contributed by atoms with E-state index in [9.17, 15) is 9.90 Å². The Bertz CT molecular complexity index is 1240. The summed E-state index contributed by atoms with van der Waals surface area (Å²) in [6.07, 6.45) is 2.59.